The normalized spacial score (nSPS) is 11.5. The molecule has 0 fully saturated rings. The Morgan fingerprint density at radius 2 is 2.00 bits per heavy atom. The van der Waals surface area contributed by atoms with Gasteiger partial charge in [0, 0.05) is 5.56 Å². The average Bonchev–Trinajstić information content (AvgIpc) is 2.29. The van der Waals surface area contributed by atoms with Crippen molar-refractivity contribution in [1.29, 1.82) is 0 Å². The van der Waals surface area contributed by atoms with Gasteiger partial charge in [-0.15, -0.1) is 0 Å². The Morgan fingerprint density at radius 1 is 1.40 bits per heavy atom. The fourth-order valence-corrected chi connectivity index (χ4v) is 0.989. The van der Waals surface area contributed by atoms with Crippen molar-refractivity contribution in [3.05, 3.63) is 48.0 Å². The van der Waals surface area contributed by atoms with Crippen LogP contribution in [0.15, 0.2) is 42.5 Å². The van der Waals surface area contributed by atoms with Gasteiger partial charge in [0.2, 0.25) is 0 Å². The number of carbonyl (C=O) groups excluding carboxylic acids is 2. The minimum atomic E-state index is -1.13. The van der Waals surface area contributed by atoms with E-state index in [-0.39, 0.29) is 5.57 Å². The third-order valence-electron chi connectivity index (χ3n) is 1.82. The number of aliphatic hydroxyl groups is 1. The molecule has 1 atom stereocenters. The van der Waals surface area contributed by atoms with Gasteiger partial charge in [0.05, 0.1) is 5.57 Å². The van der Waals surface area contributed by atoms with Gasteiger partial charge in [-0.1, -0.05) is 36.9 Å². The van der Waals surface area contributed by atoms with Gasteiger partial charge in [-0.3, -0.25) is 9.59 Å². The number of aldehydes is 1. The Morgan fingerprint density at radius 3 is 2.53 bits per heavy atom. The second kappa shape index (κ2) is 5.07. The van der Waals surface area contributed by atoms with E-state index in [4.69, 9.17) is 0 Å². The molecule has 0 aliphatic rings. The molecule has 0 saturated carbocycles. The summed E-state index contributed by atoms with van der Waals surface area (Å²) in [6.45, 7) is 3.23. The van der Waals surface area contributed by atoms with Gasteiger partial charge >= 0.3 is 0 Å². The molecule has 78 valence electrons. The van der Waals surface area contributed by atoms with Crippen LogP contribution in [0.25, 0.3) is 0 Å². The highest BCUT2D eigenvalue weighted by molar-refractivity contribution is 6.09. The van der Waals surface area contributed by atoms with Crippen LogP contribution in [0.2, 0.25) is 0 Å². The summed E-state index contributed by atoms with van der Waals surface area (Å²) in [5.74, 6) is -0.679. The standard InChI is InChI=1S/C11H11NO3/c1-8(7-13)10(14)12-11(15)9-5-3-2-4-6-9/h2-7,11,15H,1H2,(H,12,14). The summed E-state index contributed by atoms with van der Waals surface area (Å²) in [6, 6.07) is 8.59. The average molecular weight is 205 g/mol. The van der Waals surface area contributed by atoms with Gasteiger partial charge in [0.25, 0.3) is 5.91 Å². The zero-order valence-corrected chi connectivity index (χ0v) is 8.01. The first kappa shape index (κ1) is 11.1. The molecule has 0 saturated heterocycles. The molecule has 1 aromatic rings. The minimum absolute atomic E-state index is 0.218. The Bertz CT molecular complexity index is 373. The van der Waals surface area contributed by atoms with E-state index in [0.717, 1.165) is 0 Å². The maximum Gasteiger partial charge on any atom is 0.256 e. The minimum Gasteiger partial charge on any atom is -0.369 e. The molecule has 4 heteroatoms. The van der Waals surface area contributed by atoms with Crippen molar-refractivity contribution in [1.82, 2.24) is 5.32 Å². The molecule has 1 unspecified atom stereocenters. The molecule has 0 aliphatic heterocycles. The summed E-state index contributed by atoms with van der Waals surface area (Å²) in [6.07, 6.45) is -0.789. The molecular weight excluding hydrogens is 194 g/mol. The van der Waals surface area contributed by atoms with Crippen LogP contribution in [-0.2, 0) is 9.59 Å². The van der Waals surface area contributed by atoms with E-state index < -0.39 is 12.1 Å². The fraction of sp³-hybridized carbons (Fsp3) is 0.0909. The molecule has 0 aliphatic carbocycles. The lowest BCUT2D eigenvalue weighted by molar-refractivity contribution is -0.121. The Labute approximate surface area is 87.2 Å². The monoisotopic (exact) mass is 205 g/mol. The van der Waals surface area contributed by atoms with E-state index >= 15 is 0 Å². The van der Waals surface area contributed by atoms with Gasteiger partial charge in [0.15, 0.2) is 12.5 Å². The van der Waals surface area contributed by atoms with Crippen molar-refractivity contribution >= 4 is 12.2 Å². The second-order valence-corrected chi connectivity index (χ2v) is 2.93. The van der Waals surface area contributed by atoms with Crippen molar-refractivity contribution in [3.63, 3.8) is 0 Å². The number of aliphatic hydroxyl groups excluding tert-OH is 1. The molecule has 1 rings (SSSR count). The molecule has 2 N–H and O–H groups in total. The highest BCUT2D eigenvalue weighted by Crippen LogP contribution is 2.08. The molecule has 0 spiro atoms. The topological polar surface area (TPSA) is 66.4 Å². The lowest BCUT2D eigenvalue weighted by Gasteiger charge is -2.12. The quantitative estimate of drug-likeness (QED) is 0.248. The van der Waals surface area contributed by atoms with Crippen molar-refractivity contribution < 1.29 is 14.7 Å². The van der Waals surface area contributed by atoms with Gasteiger partial charge in [-0.25, -0.2) is 0 Å². The zero-order valence-electron chi connectivity index (χ0n) is 8.01. The molecule has 1 amide bonds. The van der Waals surface area contributed by atoms with E-state index in [0.29, 0.717) is 11.8 Å². The highest BCUT2D eigenvalue weighted by Gasteiger charge is 2.12. The second-order valence-electron chi connectivity index (χ2n) is 2.93. The molecule has 0 heterocycles. The van der Waals surface area contributed by atoms with Crippen molar-refractivity contribution in [2.24, 2.45) is 0 Å². The summed E-state index contributed by atoms with van der Waals surface area (Å²) < 4.78 is 0. The molecule has 0 aromatic heterocycles. The number of rotatable bonds is 4. The van der Waals surface area contributed by atoms with Crippen LogP contribution in [0.3, 0.4) is 0 Å². The number of nitrogens with one attached hydrogen (secondary N) is 1. The van der Waals surface area contributed by atoms with E-state index in [9.17, 15) is 14.7 Å². The molecule has 0 bridgehead atoms. The largest absolute Gasteiger partial charge is 0.369 e. The SMILES string of the molecule is C=C(C=O)C(=O)NC(O)c1ccccc1. The first-order valence-corrected chi connectivity index (χ1v) is 4.33. The van der Waals surface area contributed by atoms with Crippen LogP contribution in [-0.4, -0.2) is 17.3 Å². The van der Waals surface area contributed by atoms with E-state index in [1.54, 1.807) is 30.3 Å². The Kier molecular flexibility index (Phi) is 3.76. The molecule has 4 nitrogen and oxygen atoms in total. The van der Waals surface area contributed by atoms with Crippen LogP contribution in [0.4, 0.5) is 0 Å². The van der Waals surface area contributed by atoms with Gasteiger partial charge in [-0.2, -0.15) is 0 Å². The predicted molar refractivity (Wildman–Crippen MR) is 54.7 cm³/mol. The van der Waals surface area contributed by atoms with Crippen molar-refractivity contribution in [3.8, 4) is 0 Å². The Balaban J connectivity index is 2.64. The van der Waals surface area contributed by atoms with E-state index in [2.05, 4.69) is 11.9 Å². The van der Waals surface area contributed by atoms with Gasteiger partial charge < -0.3 is 10.4 Å². The van der Waals surface area contributed by atoms with Gasteiger partial charge in [-0.05, 0) is 0 Å². The Hall–Kier alpha value is -1.94. The highest BCUT2D eigenvalue weighted by atomic mass is 16.3. The number of hydrogen-bond acceptors (Lipinski definition) is 3. The van der Waals surface area contributed by atoms with Gasteiger partial charge in [0.1, 0.15) is 0 Å². The lowest BCUT2D eigenvalue weighted by Crippen LogP contribution is -2.29. The summed E-state index contributed by atoms with van der Waals surface area (Å²) in [4.78, 5) is 21.4. The molecule has 1 aromatic carbocycles. The lowest BCUT2D eigenvalue weighted by atomic mass is 10.2. The predicted octanol–water partition coefficient (Wildman–Crippen LogP) is 0.549. The van der Waals surface area contributed by atoms with Crippen LogP contribution in [0, 0.1) is 0 Å². The van der Waals surface area contributed by atoms with E-state index in [1.165, 1.54) is 0 Å². The number of carbonyl (C=O) groups is 2. The summed E-state index contributed by atoms with van der Waals surface area (Å²) in [5, 5.41) is 11.8. The summed E-state index contributed by atoms with van der Waals surface area (Å²) in [7, 11) is 0. The summed E-state index contributed by atoms with van der Waals surface area (Å²) >= 11 is 0. The maximum absolute atomic E-state index is 11.2. The number of benzene rings is 1. The first-order chi connectivity index (χ1) is 7.15. The van der Waals surface area contributed by atoms with Crippen LogP contribution < -0.4 is 5.32 Å². The number of hydrogen-bond donors (Lipinski definition) is 2. The van der Waals surface area contributed by atoms with Crippen molar-refractivity contribution in [2.45, 2.75) is 6.23 Å². The number of amides is 1. The van der Waals surface area contributed by atoms with Crippen LogP contribution in [0.5, 0.6) is 0 Å². The van der Waals surface area contributed by atoms with Crippen molar-refractivity contribution in [2.75, 3.05) is 0 Å². The molecular formula is C11H11NO3. The maximum atomic E-state index is 11.2. The smallest absolute Gasteiger partial charge is 0.256 e. The van der Waals surface area contributed by atoms with Crippen LogP contribution in [0.1, 0.15) is 11.8 Å². The third kappa shape index (κ3) is 3.03. The molecule has 0 radical (unpaired) electrons. The zero-order chi connectivity index (χ0) is 11.3. The van der Waals surface area contributed by atoms with E-state index in [1.807, 2.05) is 0 Å². The fourth-order valence-electron chi connectivity index (χ4n) is 0.989. The molecule has 15 heavy (non-hydrogen) atoms. The third-order valence-corrected chi connectivity index (χ3v) is 1.82. The summed E-state index contributed by atoms with van der Waals surface area (Å²) in [5.41, 5.74) is 0.328. The van der Waals surface area contributed by atoms with Crippen LogP contribution >= 0.6 is 0 Å². The first-order valence-electron chi connectivity index (χ1n) is 4.33.